The average molecular weight is 355 g/mol. The van der Waals surface area contributed by atoms with Gasteiger partial charge >= 0.3 is 5.97 Å². The zero-order valence-electron chi connectivity index (χ0n) is 12.7. The van der Waals surface area contributed by atoms with Crippen molar-refractivity contribution >= 4 is 29.2 Å². The number of aryl methyl sites for hydroxylation is 1. The minimum Gasteiger partial charge on any atom is -0.495 e. The van der Waals surface area contributed by atoms with Crippen molar-refractivity contribution in [2.24, 2.45) is 0 Å². The summed E-state index contributed by atoms with van der Waals surface area (Å²) in [7, 11) is 1.52. The molecule has 0 radical (unpaired) electrons. The lowest BCUT2D eigenvalue weighted by atomic mass is 10.1. The van der Waals surface area contributed by atoms with Gasteiger partial charge in [-0.25, -0.2) is 4.79 Å². The molecule has 0 heterocycles. The summed E-state index contributed by atoms with van der Waals surface area (Å²) in [6, 6.07) is 10.2. The van der Waals surface area contributed by atoms with E-state index in [2.05, 4.69) is 0 Å². The fraction of sp³-hybridized carbons (Fsp3) is 0.235. The van der Waals surface area contributed by atoms with Crippen molar-refractivity contribution in [1.82, 2.24) is 0 Å². The van der Waals surface area contributed by atoms with Gasteiger partial charge in [0.15, 0.2) is 6.10 Å². The molecule has 0 saturated carbocycles. The molecule has 6 heteroatoms. The average Bonchev–Trinajstić information content (AvgIpc) is 2.50. The molecule has 2 rings (SSSR count). The number of carbonyl (C=O) groups is 1. The molecule has 1 atom stereocenters. The van der Waals surface area contributed by atoms with Crippen LogP contribution >= 0.6 is 23.2 Å². The molecule has 2 aromatic rings. The summed E-state index contributed by atoms with van der Waals surface area (Å²) in [6.45, 7) is 1.83. The van der Waals surface area contributed by atoms with Gasteiger partial charge in [0.05, 0.1) is 12.1 Å². The second-order valence-electron chi connectivity index (χ2n) is 5.03. The Morgan fingerprint density at radius 3 is 2.48 bits per heavy atom. The number of rotatable bonds is 6. The van der Waals surface area contributed by atoms with Gasteiger partial charge in [0.25, 0.3) is 0 Å². The van der Waals surface area contributed by atoms with E-state index in [-0.39, 0.29) is 6.42 Å². The predicted molar refractivity (Wildman–Crippen MR) is 89.9 cm³/mol. The molecule has 0 aliphatic carbocycles. The van der Waals surface area contributed by atoms with Gasteiger partial charge in [-0.15, -0.1) is 0 Å². The SMILES string of the molecule is COc1ccc(C[C@@H](Oc2ccc(Cl)c(C)c2)C(=O)O)cc1Cl. The first-order valence-corrected chi connectivity index (χ1v) is 7.64. The fourth-order valence-corrected chi connectivity index (χ4v) is 2.48. The molecular weight excluding hydrogens is 339 g/mol. The Labute approximate surface area is 144 Å². The van der Waals surface area contributed by atoms with Crippen molar-refractivity contribution in [3.63, 3.8) is 0 Å². The van der Waals surface area contributed by atoms with Gasteiger partial charge in [0, 0.05) is 11.4 Å². The standard InChI is InChI=1S/C17H16Cl2O4/c1-10-7-12(4-5-13(10)18)23-16(17(20)21)9-11-3-6-15(22-2)14(19)8-11/h3-8,16H,9H2,1-2H3,(H,20,21)/t16-/m1/s1. The lowest BCUT2D eigenvalue weighted by Crippen LogP contribution is -2.29. The summed E-state index contributed by atoms with van der Waals surface area (Å²) in [6.07, 6.45) is -0.846. The number of benzene rings is 2. The van der Waals surface area contributed by atoms with Crippen LogP contribution in [0.4, 0.5) is 0 Å². The Bertz CT molecular complexity index is 716. The highest BCUT2D eigenvalue weighted by Gasteiger charge is 2.21. The molecule has 0 spiro atoms. The van der Waals surface area contributed by atoms with Gasteiger partial charge in [0.1, 0.15) is 11.5 Å². The molecule has 1 N–H and O–H groups in total. The maximum absolute atomic E-state index is 11.5. The summed E-state index contributed by atoms with van der Waals surface area (Å²) >= 11 is 12.0. The zero-order chi connectivity index (χ0) is 17.0. The van der Waals surface area contributed by atoms with Crippen molar-refractivity contribution in [2.75, 3.05) is 7.11 Å². The second kappa shape index (κ2) is 7.57. The van der Waals surface area contributed by atoms with Crippen molar-refractivity contribution in [3.8, 4) is 11.5 Å². The van der Waals surface area contributed by atoms with E-state index in [0.717, 1.165) is 11.1 Å². The Kier molecular flexibility index (Phi) is 5.74. The van der Waals surface area contributed by atoms with Crippen LogP contribution in [-0.4, -0.2) is 24.3 Å². The van der Waals surface area contributed by atoms with Gasteiger partial charge in [-0.2, -0.15) is 0 Å². The second-order valence-corrected chi connectivity index (χ2v) is 5.84. The molecule has 0 unspecified atom stereocenters. The Balaban J connectivity index is 2.17. The summed E-state index contributed by atoms with van der Waals surface area (Å²) < 4.78 is 10.7. The summed E-state index contributed by atoms with van der Waals surface area (Å²) in [4.78, 5) is 11.5. The van der Waals surface area contributed by atoms with Crippen LogP contribution in [0.2, 0.25) is 10.0 Å². The van der Waals surface area contributed by atoms with Crippen LogP contribution in [0, 0.1) is 6.92 Å². The van der Waals surface area contributed by atoms with Gasteiger partial charge in [-0.1, -0.05) is 29.3 Å². The molecule has 0 aromatic heterocycles. The third kappa shape index (κ3) is 4.53. The summed E-state index contributed by atoms with van der Waals surface area (Å²) in [5.41, 5.74) is 1.56. The maximum Gasteiger partial charge on any atom is 0.345 e. The van der Waals surface area contributed by atoms with Crippen LogP contribution in [0.15, 0.2) is 36.4 Å². The Hall–Kier alpha value is -1.91. The Morgan fingerprint density at radius 2 is 1.91 bits per heavy atom. The van der Waals surface area contributed by atoms with E-state index < -0.39 is 12.1 Å². The van der Waals surface area contributed by atoms with Crippen LogP contribution in [0.25, 0.3) is 0 Å². The lowest BCUT2D eigenvalue weighted by molar-refractivity contribution is -0.145. The highest BCUT2D eigenvalue weighted by Crippen LogP contribution is 2.27. The van der Waals surface area contributed by atoms with Gasteiger partial charge in [0.2, 0.25) is 0 Å². The quantitative estimate of drug-likeness (QED) is 0.835. The molecule has 23 heavy (non-hydrogen) atoms. The number of hydrogen-bond acceptors (Lipinski definition) is 3. The molecule has 0 saturated heterocycles. The van der Waals surface area contributed by atoms with Crippen LogP contribution < -0.4 is 9.47 Å². The highest BCUT2D eigenvalue weighted by atomic mass is 35.5. The van der Waals surface area contributed by atoms with Crippen molar-refractivity contribution in [3.05, 3.63) is 57.6 Å². The minimum absolute atomic E-state index is 0.181. The fourth-order valence-electron chi connectivity index (χ4n) is 2.09. The first-order chi connectivity index (χ1) is 10.9. The molecule has 0 aliphatic rings. The summed E-state index contributed by atoms with van der Waals surface area (Å²) in [5, 5.41) is 10.4. The van der Waals surface area contributed by atoms with E-state index in [4.69, 9.17) is 32.7 Å². The highest BCUT2D eigenvalue weighted by molar-refractivity contribution is 6.32. The molecule has 0 amide bonds. The van der Waals surface area contributed by atoms with Gasteiger partial charge in [-0.3, -0.25) is 0 Å². The first-order valence-electron chi connectivity index (χ1n) is 6.88. The topological polar surface area (TPSA) is 55.8 Å². The normalized spacial score (nSPS) is 11.8. The number of hydrogen-bond donors (Lipinski definition) is 1. The number of halogens is 2. The van der Waals surface area contributed by atoms with Gasteiger partial charge < -0.3 is 14.6 Å². The van der Waals surface area contributed by atoms with E-state index in [0.29, 0.717) is 21.5 Å². The minimum atomic E-state index is -1.05. The Morgan fingerprint density at radius 1 is 1.17 bits per heavy atom. The van der Waals surface area contributed by atoms with Gasteiger partial charge in [-0.05, 0) is 48.4 Å². The largest absolute Gasteiger partial charge is 0.495 e. The van der Waals surface area contributed by atoms with E-state index in [9.17, 15) is 9.90 Å². The van der Waals surface area contributed by atoms with E-state index >= 15 is 0 Å². The van der Waals surface area contributed by atoms with Crippen molar-refractivity contribution < 1.29 is 19.4 Å². The molecule has 122 valence electrons. The zero-order valence-corrected chi connectivity index (χ0v) is 14.2. The lowest BCUT2D eigenvalue weighted by Gasteiger charge is -2.16. The smallest absolute Gasteiger partial charge is 0.345 e. The number of ether oxygens (including phenoxy) is 2. The van der Waals surface area contributed by atoms with E-state index in [1.165, 1.54) is 7.11 Å². The van der Waals surface area contributed by atoms with Crippen molar-refractivity contribution in [2.45, 2.75) is 19.4 Å². The number of aliphatic carboxylic acids is 1. The molecule has 0 fully saturated rings. The van der Waals surface area contributed by atoms with Crippen LogP contribution in [0.1, 0.15) is 11.1 Å². The molecule has 0 bridgehead atoms. The van der Waals surface area contributed by atoms with E-state index in [1.807, 2.05) is 6.92 Å². The third-order valence-corrected chi connectivity index (χ3v) is 4.04. The molecule has 4 nitrogen and oxygen atoms in total. The molecule has 0 aliphatic heterocycles. The molecule has 2 aromatic carbocycles. The van der Waals surface area contributed by atoms with Crippen LogP contribution in [0.5, 0.6) is 11.5 Å². The van der Waals surface area contributed by atoms with E-state index in [1.54, 1.807) is 36.4 Å². The third-order valence-electron chi connectivity index (χ3n) is 3.32. The first kappa shape index (κ1) is 17.4. The maximum atomic E-state index is 11.5. The summed E-state index contributed by atoms with van der Waals surface area (Å²) in [5.74, 6) is -0.0556. The monoisotopic (exact) mass is 354 g/mol. The number of methoxy groups -OCH3 is 1. The van der Waals surface area contributed by atoms with Crippen LogP contribution in [-0.2, 0) is 11.2 Å². The number of carboxylic acids is 1. The predicted octanol–water partition coefficient (Wildman–Crippen LogP) is 4.39. The molecular formula is C17H16Cl2O4. The van der Waals surface area contributed by atoms with Crippen LogP contribution in [0.3, 0.4) is 0 Å². The number of carboxylic acid groups (broad SMARTS) is 1. The van der Waals surface area contributed by atoms with Crippen molar-refractivity contribution in [1.29, 1.82) is 0 Å².